The Kier molecular flexibility index (Phi) is 3.00. The van der Waals surface area contributed by atoms with Crippen LogP contribution in [0.3, 0.4) is 0 Å². The number of carbonyl (C=O) groups is 1. The van der Waals surface area contributed by atoms with Gasteiger partial charge >= 0.3 is 5.97 Å². The number of piperidine rings is 1. The molecule has 0 N–H and O–H groups in total. The van der Waals surface area contributed by atoms with Gasteiger partial charge in [0.2, 0.25) is 0 Å². The second-order valence-corrected chi connectivity index (χ2v) is 6.22. The zero-order valence-corrected chi connectivity index (χ0v) is 12.1. The Morgan fingerprint density at radius 1 is 1.24 bits per heavy atom. The molecule has 0 saturated carbocycles. The molecular weight excluding hydrogens is 266 g/mol. The van der Waals surface area contributed by atoms with Crippen molar-refractivity contribution in [3.8, 4) is 0 Å². The van der Waals surface area contributed by atoms with E-state index in [0.29, 0.717) is 17.6 Å². The fraction of sp³-hybridized carbons (Fsp3) is 0.471. The number of furan rings is 1. The van der Waals surface area contributed by atoms with Gasteiger partial charge in [-0.2, -0.15) is 0 Å². The number of hydrogen-bond donors (Lipinski definition) is 0. The third-order valence-corrected chi connectivity index (χ3v) is 5.02. The Hall–Kier alpha value is -1.81. The Bertz CT molecular complexity index is 663. The van der Waals surface area contributed by atoms with Gasteiger partial charge in [-0.3, -0.25) is 0 Å². The maximum atomic E-state index is 12.3. The van der Waals surface area contributed by atoms with Crippen molar-refractivity contribution in [2.75, 3.05) is 7.05 Å². The minimum absolute atomic E-state index is 0.0542. The lowest BCUT2D eigenvalue weighted by Crippen LogP contribution is -2.43. The molecule has 0 unspecified atom stereocenters. The van der Waals surface area contributed by atoms with Gasteiger partial charge < -0.3 is 14.1 Å². The molecule has 2 aliphatic heterocycles. The molecule has 3 atom stereocenters. The van der Waals surface area contributed by atoms with E-state index in [9.17, 15) is 4.79 Å². The highest BCUT2D eigenvalue weighted by atomic mass is 16.5. The minimum atomic E-state index is -0.234. The van der Waals surface area contributed by atoms with E-state index in [0.717, 1.165) is 23.8 Å². The summed E-state index contributed by atoms with van der Waals surface area (Å²) in [5.74, 6) is -0.234. The van der Waals surface area contributed by atoms with Crippen molar-refractivity contribution in [2.45, 2.75) is 43.9 Å². The van der Waals surface area contributed by atoms with Gasteiger partial charge in [0.1, 0.15) is 11.7 Å². The van der Waals surface area contributed by atoms with Crippen molar-refractivity contribution in [1.82, 2.24) is 4.90 Å². The van der Waals surface area contributed by atoms with Crippen LogP contribution in [0.1, 0.15) is 36.0 Å². The highest BCUT2D eigenvalue weighted by Gasteiger charge is 2.39. The van der Waals surface area contributed by atoms with Crippen LogP contribution < -0.4 is 0 Å². The van der Waals surface area contributed by atoms with Crippen LogP contribution in [0, 0.1) is 0 Å². The molecule has 2 fully saturated rings. The number of benzene rings is 1. The molecule has 0 radical (unpaired) electrons. The molecule has 4 heteroatoms. The fourth-order valence-electron chi connectivity index (χ4n) is 3.76. The molecule has 0 aliphatic carbocycles. The number of fused-ring (bicyclic) bond motifs is 3. The number of nitrogens with zero attached hydrogens (tertiary/aromatic N) is 1. The van der Waals surface area contributed by atoms with Gasteiger partial charge in [-0.05, 0) is 38.1 Å². The van der Waals surface area contributed by atoms with E-state index < -0.39 is 0 Å². The van der Waals surface area contributed by atoms with E-state index in [-0.39, 0.29) is 12.1 Å². The third kappa shape index (κ3) is 2.23. The number of esters is 1. The first-order valence-electron chi connectivity index (χ1n) is 7.61. The summed E-state index contributed by atoms with van der Waals surface area (Å²) in [6.45, 7) is 0. The summed E-state index contributed by atoms with van der Waals surface area (Å²) in [4.78, 5) is 14.8. The molecule has 2 saturated heterocycles. The van der Waals surface area contributed by atoms with Crippen molar-refractivity contribution in [3.05, 3.63) is 36.1 Å². The molecule has 0 amide bonds. The number of carbonyl (C=O) groups excluding carboxylic acids is 1. The fourth-order valence-corrected chi connectivity index (χ4v) is 3.76. The largest absolute Gasteiger partial charge is 0.464 e. The van der Waals surface area contributed by atoms with Crippen LogP contribution in [-0.4, -0.2) is 36.1 Å². The maximum absolute atomic E-state index is 12.3. The van der Waals surface area contributed by atoms with E-state index >= 15 is 0 Å². The normalized spacial score (nSPS) is 28.9. The average Bonchev–Trinajstić information content (AvgIpc) is 3.01. The molecule has 1 aromatic carbocycles. The molecule has 110 valence electrons. The average molecular weight is 285 g/mol. The summed E-state index contributed by atoms with van der Waals surface area (Å²) in [7, 11) is 2.19. The first-order chi connectivity index (χ1) is 10.2. The van der Waals surface area contributed by atoms with Crippen molar-refractivity contribution in [1.29, 1.82) is 0 Å². The summed E-state index contributed by atoms with van der Waals surface area (Å²) in [6.07, 6.45) is 6.07. The smallest absolute Gasteiger partial charge is 0.338 e. The Morgan fingerprint density at radius 2 is 2.00 bits per heavy atom. The van der Waals surface area contributed by atoms with E-state index in [2.05, 4.69) is 11.9 Å². The summed E-state index contributed by atoms with van der Waals surface area (Å²) in [5.41, 5.74) is 1.30. The maximum Gasteiger partial charge on any atom is 0.338 e. The molecular formula is C17H19NO3. The molecule has 2 aliphatic rings. The first-order valence-corrected chi connectivity index (χ1v) is 7.61. The van der Waals surface area contributed by atoms with Crippen molar-refractivity contribution < 1.29 is 13.9 Å². The quantitative estimate of drug-likeness (QED) is 0.795. The summed E-state index contributed by atoms with van der Waals surface area (Å²) in [5, 5.41) is 1.00. The molecule has 21 heavy (non-hydrogen) atoms. The minimum Gasteiger partial charge on any atom is -0.464 e. The van der Waals surface area contributed by atoms with Gasteiger partial charge in [0.05, 0.1) is 11.8 Å². The van der Waals surface area contributed by atoms with Crippen LogP contribution in [0.25, 0.3) is 11.0 Å². The van der Waals surface area contributed by atoms with Gasteiger partial charge in [0.25, 0.3) is 0 Å². The second kappa shape index (κ2) is 4.88. The van der Waals surface area contributed by atoms with Crippen LogP contribution in [0.4, 0.5) is 0 Å². The SMILES string of the molecule is CN1[C@@H]2CC[C@H]1C[C@@H](OC(=O)c1ccc3ccoc3c1)C2. The van der Waals surface area contributed by atoms with Gasteiger partial charge in [-0.25, -0.2) is 4.79 Å². The lowest BCUT2D eigenvalue weighted by molar-refractivity contribution is -0.000444. The lowest BCUT2D eigenvalue weighted by Gasteiger charge is -2.35. The molecule has 0 spiro atoms. The van der Waals surface area contributed by atoms with Crippen molar-refractivity contribution >= 4 is 16.9 Å². The molecule has 4 rings (SSSR count). The second-order valence-electron chi connectivity index (χ2n) is 6.22. The third-order valence-electron chi connectivity index (χ3n) is 5.02. The van der Waals surface area contributed by atoms with Crippen LogP contribution in [0.2, 0.25) is 0 Å². The lowest BCUT2D eigenvalue weighted by atomic mass is 10.0. The van der Waals surface area contributed by atoms with Crippen molar-refractivity contribution in [3.63, 3.8) is 0 Å². The number of ether oxygens (including phenoxy) is 1. The number of hydrogen-bond acceptors (Lipinski definition) is 4. The van der Waals surface area contributed by atoms with Gasteiger partial charge in [0, 0.05) is 30.3 Å². The van der Waals surface area contributed by atoms with Crippen LogP contribution in [0.5, 0.6) is 0 Å². The van der Waals surface area contributed by atoms with Crippen molar-refractivity contribution in [2.24, 2.45) is 0 Å². The summed E-state index contributed by atoms with van der Waals surface area (Å²) >= 11 is 0. The van der Waals surface area contributed by atoms with E-state index in [4.69, 9.17) is 9.15 Å². The van der Waals surface area contributed by atoms with Gasteiger partial charge in [-0.15, -0.1) is 0 Å². The van der Waals surface area contributed by atoms with Gasteiger partial charge in [-0.1, -0.05) is 6.07 Å². The van der Waals surface area contributed by atoms with Gasteiger partial charge in [0.15, 0.2) is 0 Å². The molecule has 2 aromatic rings. The zero-order valence-electron chi connectivity index (χ0n) is 12.1. The molecule has 3 heterocycles. The molecule has 1 aromatic heterocycles. The molecule has 4 nitrogen and oxygen atoms in total. The van der Waals surface area contributed by atoms with E-state index in [1.165, 1.54) is 12.8 Å². The Morgan fingerprint density at radius 3 is 2.76 bits per heavy atom. The Labute approximate surface area is 123 Å². The predicted molar refractivity (Wildman–Crippen MR) is 79.2 cm³/mol. The summed E-state index contributed by atoms with van der Waals surface area (Å²) in [6, 6.07) is 8.51. The van der Waals surface area contributed by atoms with E-state index in [1.54, 1.807) is 12.3 Å². The van der Waals surface area contributed by atoms with Crippen LogP contribution in [-0.2, 0) is 4.74 Å². The Balaban J connectivity index is 1.48. The molecule has 2 bridgehead atoms. The first kappa shape index (κ1) is 12.9. The monoisotopic (exact) mass is 285 g/mol. The summed E-state index contributed by atoms with van der Waals surface area (Å²) < 4.78 is 11.1. The zero-order chi connectivity index (χ0) is 14.4. The highest BCUT2D eigenvalue weighted by Crippen LogP contribution is 2.35. The van der Waals surface area contributed by atoms with Crippen LogP contribution >= 0.6 is 0 Å². The number of rotatable bonds is 2. The predicted octanol–water partition coefficient (Wildman–Crippen LogP) is 3.21. The van der Waals surface area contributed by atoms with E-state index in [1.807, 2.05) is 18.2 Å². The highest BCUT2D eigenvalue weighted by molar-refractivity contribution is 5.93. The van der Waals surface area contributed by atoms with Crippen LogP contribution in [0.15, 0.2) is 34.9 Å². The topological polar surface area (TPSA) is 42.7 Å². The standard InChI is InChI=1S/C17H19NO3/c1-18-13-4-5-14(18)10-15(9-13)21-17(19)12-3-2-11-6-7-20-16(11)8-12/h2-3,6-8,13-15H,4-5,9-10H2,1H3/t13-,14+,15+.